The zero-order chi connectivity index (χ0) is 6.69. The molecule has 1 atom stereocenters. The first-order valence-corrected chi connectivity index (χ1v) is 3.09. The molecule has 1 heterocycles. The number of dihydropyridines is 1. The second-order valence-corrected chi connectivity index (χ2v) is 2.02. The summed E-state index contributed by atoms with van der Waals surface area (Å²) in [5.74, 6) is 0.0231. The van der Waals surface area contributed by atoms with Crippen LogP contribution in [0, 0.1) is 5.92 Å². The van der Waals surface area contributed by atoms with Crippen LogP contribution in [-0.4, -0.2) is 12.1 Å². The summed E-state index contributed by atoms with van der Waals surface area (Å²) in [6.07, 6.45) is 6.09. The van der Waals surface area contributed by atoms with Gasteiger partial charge in [0.15, 0.2) is 0 Å². The standard InChI is InChI=1S/C7H9NO/c1-2-6-4-3-5-8-7(6)9/h3-6H,2H2,1H3. The van der Waals surface area contributed by atoms with E-state index in [0.717, 1.165) is 6.42 Å². The van der Waals surface area contributed by atoms with E-state index in [2.05, 4.69) is 4.99 Å². The lowest BCUT2D eigenvalue weighted by Crippen LogP contribution is -2.10. The van der Waals surface area contributed by atoms with Crippen molar-refractivity contribution in [2.45, 2.75) is 13.3 Å². The van der Waals surface area contributed by atoms with Crippen LogP contribution >= 0.6 is 0 Å². The van der Waals surface area contributed by atoms with Crippen molar-refractivity contribution in [2.75, 3.05) is 0 Å². The van der Waals surface area contributed by atoms with E-state index in [-0.39, 0.29) is 11.8 Å². The maximum absolute atomic E-state index is 10.8. The molecule has 2 nitrogen and oxygen atoms in total. The average molecular weight is 123 g/mol. The maximum Gasteiger partial charge on any atom is 0.252 e. The lowest BCUT2D eigenvalue weighted by atomic mass is 10.0. The van der Waals surface area contributed by atoms with Crippen LogP contribution in [0.25, 0.3) is 0 Å². The fourth-order valence-corrected chi connectivity index (χ4v) is 0.789. The number of amides is 1. The molecule has 0 saturated heterocycles. The monoisotopic (exact) mass is 123 g/mol. The molecule has 1 unspecified atom stereocenters. The van der Waals surface area contributed by atoms with Gasteiger partial charge in [0.2, 0.25) is 0 Å². The molecule has 9 heavy (non-hydrogen) atoms. The molecule has 1 aliphatic rings. The van der Waals surface area contributed by atoms with E-state index in [0.29, 0.717) is 0 Å². The molecule has 1 aliphatic heterocycles. The molecule has 0 saturated carbocycles. The van der Waals surface area contributed by atoms with Gasteiger partial charge in [-0.1, -0.05) is 13.0 Å². The predicted octanol–water partition coefficient (Wildman–Crippen LogP) is 1.18. The van der Waals surface area contributed by atoms with Crippen molar-refractivity contribution in [3.63, 3.8) is 0 Å². The first kappa shape index (κ1) is 6.20. The fraction of sp³-hybridized carbons (Fsp3) is 0.429. The van der Waals surface area contributed by atoms with Crippen LogP contribution in [0.1, 0.15) is 13.3 Å². The fourth-order valence-electron chi connectivity index (χ4n) is 0.789. The Kier molecular flexibility index (Phi) is 1.78. The summed E-state index contributed by atoms with van der Waals surface area (Å²) in [7, 11) is 0. The Hall–Kier alpha value is -0.920. The summed E-state index contributed by atoms with van der Waals surface area (Å²) in [6.45, 7) is 1.98. The smallest absolute Gasteiger partial charge is 0.252 e. The molecule has 0 aliphatic carbocycles. The quantitative estimate of drug-likeness (QED) is 0.514. The molecule has 1 amide bonds. The average Bonchev–Trinajstić information content (AvgIpc) is 1.89. The summed E-state index contributed by atoms with van der Waals surface area (Å²) in [5, 5.41) is 0. The highest BCUT2D eigenvalue weighted by molar-refractivity contribution is 5.94. The molecule has 0 spiro atoms. The van der Waals surface area contributed by atoms with E-state index < -0.39 is 0 Å². The zero-order valence-corrected chi connectivity index (χ0v) is 5.37. The molecule has 0 aromatic heterocycles. The van der Waals surface area contributed by atoms with Crippen LogP contribution in [0.5, 0.6) is 0 Å². The Bertz CT molecular complexity index is 170. The largest absolute Gasteiger partial charge is 0.272 e. The number of hydrogen-bond donors (Lipinski definition) is 0. The van der Waals surface area contributed by atoms with Gasteiger partial charge in [-0.2, -0.15) is 0 Å². The minimum Gasteiger partial charge on any atom is -0.272 e. The highest BCUT2D eigenvalue weighted by atomic mass is 16.1. The van der Waals surface area contributed by atoms with Crippen LogP contribution in [0.4, 0.5) is 0 Å². The third kappa shape index (κ3) is 1.25. The van der Waals surface area contributed by atoms with Gasteiger partial charge >= 0.3 is 0 Å². The van der Waals surface area contributed by atoms with Gasteiger partial charge in [-0.15, -0.1) is 0 Å². The van der Waals surface area contributed by atoms with E-state index >= 15 is 0 Å². The Labute approximate surface area is 54.3 Å². The van der Waals surface area contributed by atoms with Crippen molar-refractivity contribution in [3.05, 3.63) is 12.2 Å². The Morgan fingerprint density at radius 3 is 3.00 bits per heavy atom. The van der Waals surface area contributed by atoms with Gasteiger partial charge in [0.25, 0.3) is 5.91 Å². The topological polar surface area (TPSA) is 29.4 Å². The van der Waals surface area contributed by atoms with Crippen molar-refractivity contribution < 1.29 is 4.79 Å². The Balaban J connectivity index is 2.66. The Morgan fingerprint density at radius 1 is 1.78 bits per heavy atom. The highest BCUT2D eigenvalue weighted by Crippen LogP contribution is 2.08. The van der Waals surface area contributed by atoms with E-state index in [1.165, 1.54) is 6.21 Å². The molecule has 0 N–H and O–H groups in total. The van der Waals surface area contributed by atoms with Crippen molar-refractivity contribution >= 4 is 12.1 Å². The second kappa shape index (κ2) is 2.58. The lowest BCUT2D eigenvalue weighted by Gasteiger charge is -2.05. The van der Waals surface area contributed by atoms with Crippen LogP contribution < -0.4 is 0 Å². The van der Waals surface area contributed by atoms with E-state index in [1.54, 1.807) is 0 Å². The molecule has 1 rings (SSSR count). The van der Waals surface area contributed by atoms with Gasteiger partial charge in [-0.05, 0) is 12.5 Å². The van der Waals surface area contributed by atoms with Crippen LogP contribution in [0.2, 0.25) is 0 Å². The Morgan fingerprint density at radius 2 is 2.56 bits per heavy atom. The van der Waals surface area contributed by atoms with Gasteiger partial charge in [0.05, 0.1) is 5.92 Å². The van der Waals surface area contributed by atoms with E-state index in [4.69, 9.17) is 0 Å². The normalized spacial score (nSPS) is 25.0. The molecule has 0 aromatic rings. The van der Waals surface area contributed by atoms with Crippen LogP contribution in [-0.2, 0) is 4.79 Å². The van der Waals surface area contributed by atoms with Crippen molar-refractivity contribution in [1.82, 2.24) is 0 Å². The maximum atomic E-state index is 10.8. The molecule has 0 fully saturated rings. The summed E-state index contributed by atoms with van der Waals surface area (Å²) < 4.78 is 0. The van der Waals surface area contributed by atoms with Crippen molar-refractivity contribution in [2.24, 2.45) is 10.9 Å². The van der Waals surface area contributed by atoms with Crippen molar-refractivity contribution in [1.29, 1.82) is 0 Å². The van der Waals surface area contributed by atoms with Gasteiger partial charge < -0.3 is 0 Å². The lowest BCUT2D eigenvalue weighted by molar-refractivity contribution is -0.120. The molecule has 2 heteroatoms. The van der Waals surface area contributed by atoms with Crippen molar-refractivity contribution in [3.8, 4) is 0 Å². The van der Waals surface area contributed by atoms with Crippen LogP contribution in [0.3, 0.4) is 0 Å². The molecule has 0 radical (unpaired) electrons. The highest BCUT2D eigenvalue weighted by Gasteiger charge is 2.12. The first-order chi connectivity index (χ1) is 4.34. The number of aliphatic imine (C=N–C) groups is 1. The predicted molar refractivity (Wildman–Crippen MR) is 36.4 cm³/mol. The summed E-state index contributed by atoms with van der Waals surface area (Å²) in [6, 6.07) is 0. The first-order valence-electron chi connectivity index (χ1n) is 3.09. The molecule has 0 aromatic carbocycles. The zero-order valence-electron chi connectivity index (χ0n) is 5.37. The summed E-state index contributed by atoms with van der Waals surface area (Å²) >= 11 is 0. The number of hydrogen-bond acceptors (Lipinski definition) is 1. The van der Waals surface area contributed by atoms with Gasteiger partial charge in [-0.25, -0.2) is 4.99 Å². The number of rotatable bonds is 1. The van der Waals surface area contributed by atoms with Gasteiger partial charge in [-0.3, -0.25) is 4.79 Å². The molecule has 0 bridgehead atoms. The molecule has 48 valence electrons. The molecular formula is C7H9NO. The SMILES string of the molecule is CCC1C=CC=NC1=O. The number of carbonyl (C=O) groups is 1. The number of allylic oxidation sites excluding steroid dienone is 1. The minimum atomic E-state index is -0.0139. The van der Waals surface area contributed by atoms with E-state index in [9.17, 15) is 4.79 Å². The third-order valence-electron chi connectivity index (χ3n) is 1.39. The van der Waals surface area contributed by atoms with Crippen LogP contribution in [0.15, 0.2) is 17.1 Å². The number of carbonyl (C=O) groups excluding carboxylic acids is 1. The van der Waals surface area contributed by atoms with Gasteiger partial charge in [0, 0.05) is 6.21 Å². The summed E-state index contributed by atoms with van der Waals surface area (Å²) in [4.78, 5) is 14.4. The summed E-state index contributed by atoms with van der Waals surface area (Å²) in [5.41, 5.74) is 0. The second-order valence-electron chi connectivity index (χ2n) is 2.02. The third-order valence-corrected chi connectivity index (χ3v) is 1.39. The van der Waals surface area contributed by atoms with E-state index in [1.807, 2.05) is 19.1 Å². The number of nitrogens with zero attached hydrogens (tertiary/aromatic N) is 1. The van der Waals surface area contributed by atoms with Gasteiger partial charge in [0.1, 0.15) is 0 Å². The minimum absolute atomic E-state index is 0.0139. The molecular weight excluding hydrogens is 114 g/mol.